The van der Waals surface area contributed by atoms with Crippen molar-refractivity contribution in [3.63, 3.8) is 0 Å². The van der Waals surface area contributed by atoms with Gasteiger partial charge in [-0.2, -0.15) is 0 Å². The zero-order valence-corrected chi connectivity index (χ0v) is 12.7. The fraction of sp³-hybridized carbons (Fsp3) is 0.462. The van der Waals surface area contributed by atoms with Gasteiger partial charge in [-0.3, -0.25) is 9.59 Å². The lowest BCUT2D eigenvalue weighted by atomic mass is 10.1. The van der Waals surface area contributed by atoms with E-state index in [-0.39, 0.29) is 18.4 Å². The zero-order chi connectivity index (χ0) is 14.5. The molecule has 7 heteroatoms. The Balaban J connectivity index is 2.19. The smallest absolute Gasteiger partial charge is 0.254 e. The summed E-state index contributed by atoms with van der Waals surface area (Å²) in [5.74, 6) is -0.374. The number of rotatable bonds is 3. The second-order valence-corrected chi connectivity index (χ2v) is 5.16. The fourth-order valence-electron chi connectivity index (χ4n) is 2.06. The maximum Gasteiger partial charge on any atom is 0.254 e. The minimum absolute atomic E-state index is 0.186. The van der Waals surface area contributed by atoms with Crippen LogP contribution in [0.25, 0.3) is 0 Å². The number of pyridine rings is 1. The van der Waals surface area contributed by atoms with Crippen molar-refractivity contribution in [2.75, 3.05) is 26.3 Å². The third-order valence-electron chi connectivity index (χ3n) is 3.02. The Bertz CT molecular complexity index is 509. The lowest BCUT2D eigenvalue weighted by Crippen LogP contribution is -2.55. The SMILES string of the molecule is CCNC(=O)C1COCCN1C(=O)c1ccnc(Br)c1. The molecular formula is C13H16BrN3O3. The van der Waals surface area contributed by atoms with Crippen molar-refractivity contribution in [3.05, 3.63) is 28.5 Å². The van der Waals surface area contributed by atoms with Crippen LogP contribution >= 0.6 is 15.9 Å². The number of likely N-dealkylation sites (N-methyl/N-ethyl adjacent to an activating group) is 1. The van der Waals surface area contributed by atoms with Crippen LogP contribution < -0.4 is 5.32 Å². The molecule has 1 unspecified atom stereocenters. The number of hydrogen-bond donors (Lipinski definition) is 1. The number of hydrogen-bond acceptors (Lipinski definition) is 4. The van der Waals surface area contributed by atoms with Crippen LogP contribution in [0, 0.1) is 0 Å². The lowest BCUT2D eigenvalue weighted by Gasteiger charge is -2.34. The molecule has 0 aromatic carbocycles. The summed E-state index contributed by atoms with van der Waals surface area (Å²) in [6, 6.07) is 2.70. The number of carbonyl (C=O) groups excluding carboxylic acids is 2. The van der Waals surface area contributed by atoms with Crippen LogP contribution in [-0.2, 0) is 9.53 Å². The Morgan fingerprint density at radius 1 is 1.60 bits per heavy atom. The molecule has 1 N–H and O–H groups in total. The second-order valence-electron chi connectivity index (χ2n) is 4.35. The standard InChI is InChI=1S/C13H16BrN3O3/c1-2-15-12(18)10-8-20-6-5-17(10)13(19)9-3-4-16-11(14)7-9/h3-4,7,10H,2,5-6,8H2,1H3,(H,15,18). The first kappa shape index (κ1) is 14.9. The number of halogens is 1. The fourth-order valence-corrected chi connectivity index (χ4v) is 2.42. The van der Waals surface area contributed by atoms with Crippen molar-refractivity contribution in [1.82, 2.24) is 15.2 Å². The molecule has 2 rings (SSSR count). The quantitative estimate of drug-likeness (QED) is 0.826. The molecular weight excluding hydrogens is 326 g/mol. The van der Waals surface area contributed by atoms with Gasteiger partial charge in [-0.15, -0.1) is 0 Å². The first-order valence-corrected chi connectivity index (χ1v) is 7.20. The number of amides is 2. The van der Waals surface area contributed by atoms with E-state index in [1.807, 2.05) is 6.92 Å². The molecule has 6 nitrogen and oxygen atoms in total. The molecule has 1 aliphatic heterocycles. The first-order chi connectivity index (χ1) is 9.63. The highest BCUT2D eigenvalue weighted by Crippen LogP contribution is 2.15. The number of nitrogens with one attached hydrogen (secondary N) is 1. The maximum absolute atomic E-state index is 12.5. The lowest BCUT2D eigenvalue weighted by molar-refractivity contribution is -0.130. The predicted octanol–water partition coefficient (Wildman–Crippen LogP) is 0.821. The molecule has 0 spiro atoms. The highest BCUT2D eigenvalue weighted by atomic mass is 79.9. The topological polar surface area (TPSA) is 71.5 Å². The molecule has 0 bridgehead atoms. The normalized spacial score (nSPS) is 18.7. The van der Waals surface area contributed by atoms with E-state index in [2.05, 4.69) is 26.2 Å². The van der Waals surface area contributed by atoms with Crippen molar-refractivity contribution < 1.29 is 14.3 Å². The van der Waals surface area contributed by atoms with E-state index in [1.54, 1.807) is 23.2 Å². The summed E-state index contributed by atoms with van der Waals surface area (Å²) in [6.07, 6.45) is 1.55. The maximum atomic E-state index is 12.5. The zero-order valence-electron chi connectivity index (χ0n) is 11.1. The second kappa shape index (κ2) is 6.81. The van der Waals surface area contributed by atoms with Gasteiger partial charge in [0.25, 0.3) is 5.91 Å². The molecule has 2 amide bonds. The summed E-state index contributed by atoms with van der Waals surface area (Å²) in [7, 11) is 0. The van der Waals surface area contributed by atoms with Gasteiger partial charge in [0.15, 0.2) is 0 Å². The highest BCUT2D eigenvalue weighted by Gasteiger charge is 2.33. The van der Waals surface area contributed by atoms with Crippen molar-refractivity contribution in [3.8, 4) is 0 Å². The van der Waals surface area contributed by atoms with E-state index >= 15 is 0 Å². The molecule has 1 aromatic heterocycles. The van der Waals surface area contributed by atoms with Gasteiger partial charge in [-0.05, 0) is 35.0 Å². The number of ether oxygens (including phenoxy) is 1. The molecule has 20 heavy (non-hydrogen) atoms. The molecule has 0 radical (unpaired) electrons. The van der Waals surface area contributed by atoms with Crippen LogP contribution in [0.5, 0.6) is 0 Å². The van der Waals surface area contributed by atoms with Gasteiger partial charge < -0.3 is 15.0 Å². The van der Waals surface area contributed by atoms with E-state index in [4.69, 9.17) is 4.74 Å². The summed E-state index contributed by atoms with van der Waals surface area (Å²) in [5.41, 5.74) is 0.503. The van der Waals surface area contributed by atoms with E-state index < -0.39 is 6.04 Å². The molecule has 2 heterocycles. The van der Waals surface area contributed by atoms with Crippen molar-refractivity contribution in [2.45, 2.75) is 13.0 Å². The number of nitrogens with zero attached hydrogens (tertiary/aromatic N) is 2. The summed E-state index contributed by atoms with van der Waals surface area (Å²) in [6.45, 7) is 3.43. The van der Waals surface area contributed by atoms with Crippen molar-refractivity contribution in [2.24, 2.45) is 0 Å². The molecule has 1 atom stereocenters. The van der Waals surface area contributed by atoms with Crippen molar-refractivity contribution >= 4 is 27.7 Å². The molecule has 1 aromatic rings. The van der Waals surface area contributed by atoms with Crippen LogP contribution in [0.2, 0.25) is 0 Å². The highest BCUT2D eigenvalue weighted by molar-refractivity contribution is 9.10. The van der Waals surface area contributed by atoms with Crippen LogP contribution in [0.3, 0.4) is 0 Å². The van der Waals surface area contributed by atoms with Gasteiger partial charge in [-0.25, -0.2) is 4.98 Å². The average Bonchev–Trinajstić information content (AvgIpc) is 2.47. The average molecular weight is 342 g/mol. The Hall–Kier alpha value is -1.47. The largest absolute Gasteiger partial charge is 0.377 e. The molecule has 1 saturated heterocycles. The van der Waals surface area contributed by atoms with E-state index in [0.29, 0.717) is 29.9 Å². The third kappa shape index (κ3) is 3.34. The molecule has 1 fully saturated rings. The molecule has 1 aliphatic rings. The molecule has 0 saturated carbocycles. The van der Waals surface area contributed by atoms with Gasteiger partial charge in [0, 0.05) is 24.8 Å². The Morgan fingerprint density at radius 2 is 2.40 bits per heavy atom. The Kier molecular flexibility index (Phi) is 5.08. The van der Waals surface area contributed by atoms with Gasteiger partial charge in [0.1, 0.15) is 10.6 Å². The first-order valence-electron chi connectivity index (χ1n) is 6.41. The number of carbonyl (C=O) groups is 2. The third-order valence-corrected chi connectivity index (χ3v) is 3.45. The monoisotopic (exact) mass is 341 g/mol. The van der Waals surface area contributed by atoms with Gasteiger partial charge in [0.2, 0.25) is 5.91 Å². The van der Waals surface area contributed by atoms with Crippen molar-refractivity contribution in [1.29, 1.82) is 0 Å². The minimum atomic E-state index is -0.580. The number of aromatic nitrogens is 1. The summed E-state index contributed by atoms with van der Waals surface area (Å²) >= 11 is 3.24. The molecule has 0 aliphatic carbocycles. The van der Waals surface area contributed by atoms with E-state index in [0.717, 1.165) is 0 Å². The number of morpholine rings is 1. The van der Waals surface area contributed by atoms with Gasteiger partial charge >= 0.3 is 0 Å². The summed E-state index contributed by atoms with van der Waals surface area (Å²) < 4.78 is 5.90. The predicted molar refractivity (Wildman–Crippen MR) is 76.3 cm³/mol. The van der Waals surface area contributed by atoms with Gasteiger partial charge in [-0.1, -0.05) is 0 Å². The van der Waals surface area contributed by atoms with E-state index in [1.165, 1.54) is 0 Å². The van der Waals surface area contributed by atoms with Crippen LogP contribution in [-0.4, -0.2) is 54.0 Å². The summed E-state index contributed by atoms with van der Waals surface area (Å²) in [5, 5.41) is 2.73. The minimum Gasteiger partial charge on any atom is -0.377 e. The Morgan fingerprint density at radius 3 is 3.10 bits per heavy atom. The van der Waals surface area contributed by atoms with Crippen LogP contribution in [0.15, 0.2) is 22.9 Å². The summed E-state index contributed by atoms with van der Waals surface area (Å²) in [4.78, 5) is 30.1. The van der Waals surface area contributed by atoms with E-state index in [9.17, 15) is 9.59 Å². The van der Waals surface area contributed by atoms with Gasteiger partial charge in [0.05, 0.1) is 13.2 Å². The van der Waals surface area contributed by atoms with Crippen LogP contribution in [0.4, 0.5) is 0 Å². The molecule has 108 valence electrons. The van der Waals surface area contributed by atoms with Crippen LogP contribution in [0.1, 0.15) is 17.3 Å². The Labute approximate surface area is 125 Å².